The molecule has 0 N–H and O–H groups in total. The Labute approximate surface area is 307 Å². The molecule has 8 aromatic rings. The Bertz CT molecular complexity index is 2590. The van der Waals surface area contributed by atoms with Crippen LogP contribution in [-0.4, -0.2) is 24.5 Å². The molecule has 244 valence electrons. The van der Waals surface area contributed by atoms with E-state index in [0.29, 0.717) is 51.0 Å². The van der Waals surface area contributed by atoms with Crippen molar-refractivity contribution < 1.29 is 35.9 Å². The Morgan fingerprint density at radius 3 is 2.43 bits per heavy atom. The van der Waals surface area contributed by atoms with Crippen LogP contribution in [0.5, 0.6) is 0 Å². The van der Waals surface area contributed by atoms with Gasteiger partial charge < -0.3 is 18.5 Å². The van der Waals surface area contributed by atoms with Crippen molar-refractivity contribution in [3.8, 4) is 28.3 Å². The fourth-order valence-electron chi connectivity index (χ4n) is 5.65. The predicted molar refractivity (Wildman–Crippen MR) is 189 cm³/mol. The zero-order chi connectivity index (χ0) is 37.7. The minimum atomic E-state index is -2.25. The van der Waals surface area contributed by atoms with Crippen LogP contribution in [0, 0.1) is 37.7 Å². The van der Waals surface area contributed by atoms with Crippen molar-refractivity contribution in [2.45, 2.75) is 41.0 Å². The van der Waals surface area contributed by atoms with Crippen LogP contribution in [0.25, 0.3) is 61.3 Å². The first-order valence-corrected chi connectivity index (χ1v) is 15.6. The van der Waals surface area contributed by atoms with Crippen molar-refractivity contribution in [2.24, 2.45) is 12.4 Å². The largest absolute Gasteiger partial charge is 3.00 e. The first-order chi connectivity index (χ1) is 25.1. The number of fused-ring (bicyclic) bond motifs is 4. The third-order valence-electron chi connectivity index (χ3n) is 7.58. The molecule has 8 heteroatoms. The van der Waals surface area contributed by atoms with E-state index in [1.807, 2.05) is 101 Å². The van der Waals surface area contributed by atoms with Gasteiger partial charge in [0, 0.05) is 19.9 Å². The summed E-state index contributed by atoms with van der Waals surface area (Å²) in [5, 5.41) is 1.92. The van der Waals surface area contributed by atoms with Gasteiger partial charge in [-0.1, -0.05) is 85.4 Å². The number of pyridine rings is 1. The number of rotatable bonds is 4. The molecule has 0 radical (unpaired) electrons. The van der Waals surface area contributed by atoms with Gasteiger partial charge >= 0.3 is 20.1 Å². The minimum absolute atomic E-state index is 0. The Kier molecular flexibility index (Phi) is 7.86. The maximum atomic E-state index is 8.65. The Morgan fingerprint density at radius 2 is 1.67 bits per heavy atom. The zero-order valence-electron chi connectivity index (χ0n) is 32.7. The van der Waals surface area contributed by atoms with Crippen LogP contribution in [0.3, 0.4) is 0 Å². The number of hydrogen-bond donors (Lipinski definition) is 0. The summed E-state index contributed by atoms with van der Waals surface area (Å²) in [5.41, 5.74) is 5.75. The van der Waals surface area contributed by atoms with Crippen LogP contribution in [0.4, 0.5) is 0 Å². The molecule has 7 nitrogen and oxygen atoms in total. The Hall–Kier alpha value is -5.04. The van der Waals surface area contributed by atoms with E-state index in [-0.39, 0.29) is 20.1 Å². The molecule has 0 amide bonds. The van der Waals surface area contributed by atoms with Crippen molar-refractivity contribution in [1.29, 1.82) is 0 Å². The standard InChI is InChI=1S/C27H25N4O.C14H11N2.Ir/c1-16-29-17(2)31-26(30-16)19-9-10-20-21-7-6-8-22(25(21)32-24(20)14-19)23-13-18(11-12-28-23)15-27(3,4)5;1-15-11-16(12-7-3-2-4-8-12)14-10-6-5-9-13(14)15;/h6-7,9-14H,15H2,1-5H3;2-7,9-10H,1H3;/q2*-1;+3/i15D2;1D3;. The average Bonchev–Trinajstić information content (AvgIpc) is 3.70. The van der Waals surface area contributed by atoms with E-state index in [4.69, 9.17) is 11.3 Å². The van der Waals surface area contributed by atoms with Gasteiger partial charge in [0.05, 0.1) is 27.7 Å². The van der Waals surface area contributed by atoms with Gasteiger partial charge in [0.1, 0.15) is 17.2 Å². The third kappa shape index (κ3) is 7.21. The number of benzene rings is 4. The summed E-state index contributed by atoms with van der Waals surface area (Å²) in [6.45, 7) is 7.14. The van der Waals surface area contributed by atoms with Crippen LogP contribution in [0.1, 0.15) is 44.8 Å². The van der Waals surface area contributed by atoms with E-state index >= 15 is 0 Å². The van der Waals surface area contributed by atoms with Crippen molar-refractivity contribution >= 4 is 33.0 Å². The molecule has 0 atom stereocenters. The number of hydrogen-bond acceptors (Lipinski definition) is 5. The molecule has 4 heterocycles. The van der Waals surface area contributed by atoms with E-state index in [0.717, 1.165) is 27.5 Å². The van der Waals surface area contributed by atoms with Crippen molar-refractivity contribution in [3.63, 3.8) is 0 Å². The second-order valence-electron chi connectivity index (χ2n) is 12.5. The molecule has 4 aromatic carbocycles. The molecular weight excluding hydrogens is 785 g/mol. The fourth-order valence-corrected chi connectivity index (χ4v) is 5.65. The normalized spacial score (nSPS) is 13.4. The van der Waals surface area contributed by atoms with Crippen LogP contribution in [-0.2, 0) is 33.5 Å². The Morgan fingerprint density at radius 1 is 0.878 bits per heavy atom. The van der Waals surface area contributed by atoms with Gasteiger partial charge in [-0.05, 0) is 43.5 Å². The molecule has 0 saturated heterocycles. The molecule has 0 unspecified atom stereocenters. The van der Waals surface area contributed by atoms with Gasteiger partial charge in [-0.25, -0.2) is 15.0 Å². The van der Waals surface area contributed by atoms with Gasteiger partial charge in [0.25, 0.3) is 0 Å². The van der Waals surface area contributed by atoms with Gasteiger partial charge in [-0.2, -0.15) is 30.3 Å². The summed E-state index contributed by atoms with van der Waals surface area (Å²) in [6.07, 6.45) is 3.01. The summed E-state index contributed by atoms with van der Waals surface area (Å²) < 4.78 is 49.2. The van der Waals surface area contributed by atoms with Crippen molar-refractivity contribution in [1.82, 2.24) is 24.5 Å². The first-order valence-electron chi connectivity index (χ1n) is 18.1. The monoisotopic (exact) mass is 826 g/mol. The van der Waals surface area contributed by atoms with E-state index in [9.17, 15) is 0 Å². The number of aromatic nitrogens is 6. The first kappa shape index (κ1) is 27.9. The van der Waals surface area contributed by atoms with Crippen molar-refractivity contribution in [3.05, 3.63) is 133 Å². The summed E-state index contributed by atoms with van der Waals surface area (Å²) in [7, 11) is 0. The third-order valence-corrected chi connectivity index (χ3v) is 7.58. The summed E-state index contributed by atoms with van der Waals surface area (Å²) in [4.78, 5) is 17.7. The molecule has 0 spiro atoms. The van der Waals surface area contributed by atoms with E-state index in [2.05, 4.69) is 38.4 Å². The molecule has 0 aliphatic carbocycles. The maximum absolute atomic E-state index is 8.65. The van der Waals surface area contributed by atoms with Gasteiger partial charge in [-0.15, -0.1) is 18.2 Å². The number of aryl methyl sites for hydroxylation is 3. The second kappa shape index (κ2) is 13.8. The molecular formula is C41H36IrN6O+. The summed E-state index contributed by atoms with van der Waals surface area (Å²) in [5.74, 6) is 1.95. The molecule has 49 heavy (non-hydrogen) atoms. The second-order valence-corrected chi connectivity index (χ2v) is 12.5. The number of furan rings is 1. The fraction of sp³-hybridized carbons (Fsp3) is 0.195. The maximum Gasteiger partial charge on any atom is 3.00 e. The minimum Gasteiger partial charge on any atom is -0.501 e. The summed E-state index contributed by atoms with van der Waals surface area (Å²) >= 11 is 0. The molecule has 0 saturated carbocycles. The van der Waals surface area contributed by atoms with Crippen LogP contribution < -0.4 is 4.57 Å². The van der Waals surface area contributed by atoms with Crippen molar-refractivity contribution in [2.75, 3.05) is 0 Å². The number of nitrogens with zero attached hydrogens (tertiary/aromatic N) is 6. The van der Waals surface area contributed by atoms with Gasteiger partial charge in [0.2, 0.25) is 6.33 Å². The number of para-hydroxylation sites is 3. The van der Waals surface area contributed by atoms with E-state index in [1.165, 1.54) is 4.57 Å². The molecule has 0 aliphatic rings. The molecule has 4 aromatic heterocycles. The summed E-state index contributed by atoms with van der Waals surface area (Å²) in [6, 6.07) is 34.4. The van der Waals surface area contributed by atoms with E-state index in [1.54, 1.807) is 35.0 Å². The van der Waals surface area contributed by atoms with Crippen LogP contribution in [0.15, 0.2) is 102 Å². The predicted octanol–water partition coefficient (Wildman–Crippen LogP) is 8.56. The number of imidazole rings is 1. The molecule has 8 rings (SSSR count). The molecule has 0 bridgehead atoms. The topological polar surface area (TPSA) is 73.5 Å². The van der Waals surface area contributed by atoms with Crippen LogP contribution >= 0.6 is 0 Å². The average molecular weight is 826 g/mol. The smallest absolute Gasteiger partial charge is 0.501 e. The molecule has 0 aliphatic heterocycles. The van der Waals surface area contributed by atoms with Gasteiger partial charge in [-0.3, -0.25) is 0 Å². The SMILES string of the molecule is [2H]C([2H])([2H])n1[c-][n+](-c2[c-]cccc2)c2ccccc21.[2H]C([2H])(c1ccnc(-c2[c-]ccc3c2oc2cc(-c4nc(C)nc(C)n4)ccc23)c1)C(C)(C)C.[Ir+3]. The van der Waals surface area contributed by atoms with Crippen LogP contribution in [0.2, 0.25) is 0 Å². The molecule has 0 fully saturated rings. The zero-order valence-corrected chi connectivity index (χ0v) is 30.1. The van der Waals surface area contributed by atoms with E-state index < -0.39 is 18.8 Å². The Balaban J connectivity index is 0.000000211. The quantitative estimate of drug-likeness (QED) is 0.132. The van der Waals surface area contributed by atoms with Gasteiger partial charge in [0.15, 0.2) is 5.82 Å².